The van der Waals surface area contributed by atoms with Gasteiger partial charge in [0.1, 0.15) is 5.76 Å². The number of ether oxygens (including phenoxy) is 1. The van der Waals surface area contributed by atoms with Crippen molar-refractivity contribution in [2.24, 2.45) is 0 Å². The maximum Gasteiger partial charge on any atom is 0.228 e. The van der Waals surface area contributed by atoms with Crippen molar-refractivity contribution < 1.29 is 13.7 Å². The lowest BCUT2D eigenvalue weighted by Gasteiger charge is -2.14. The van der Waals surface area contributed by atoms with Crippen LogP contribution in [0.2, 0.25) is 0 Å². The minimum atomic E-state index is 0.175. The number of rotatable bonds is 7. The van der Waals surface area contributed by atoms with Gasteiger partial charge in [0.25, 0.3) is 0 Å². The van der Waals surface area contributed by atoms with E-state index < -0.39 is 0 Å². The molecule has 19 heavy (non-hydrogen) atoms. The Labute approximate surface area is 112 Å². The maximum absolute atomic E-state index is 5.27. The van der Waals surface area contributed by atoms with E-state index in [4.69, 9.17) is 13.7 Å². The molecule has 104 valence electrons. The molecule has 0 spiro atoms. The standard InChI is InChI=1S/C13H19N3O3/c1-4-14-10(8-17-3)7-12-15-13(16-19-12)11-5-6-18-9(11)2/h5-6,10,14H,4,7-8H2,1-3H3. The predicted octanol–water partition coefficient (Wildman–Crippen LogP) is 1.81. The number of likely N-dealkylation sites (N-methyl/N-ethyl adjacent to an activating group) is 1. The van der Waals surface area contributed by atoms with E-state index >= 15 is 0 Å². The average molecular weight is 265 g/mol. The quantitative estimate of drug-likeness (QED) is 0.823. The summed E-state index contributed by atoms with van der Waals surface area (Å²) in [7, 11) is 1.68. The van der Waals surface area contributed by atoms with Crippen molar-refractivity contribution >= 4 is 0 Å². The molecule has 0 saturated heterocycles. The summed E-state index contributed by atoms with van der Waals surface area (Å²) < 4.78 is 15.7. The van der Waals surface area contributed by atoms with Crippen LogP contribution in [0.25, 0.3) is 11.4 Å². The second kappa shape index (κ2) is 6.49. The van der Waals surface area contributed by atoms with Gasteiger partial charge in [-0.05, 0) is 19.5 Å². The molecule has 0 fully saturated rings. The second-order valence-corrected chi connectivity index (χ2v) is 4.32. The Balaban J connectivity index is 2.06. The molecule has 0 aliphatic rings. The lowest BCUT2D eigenvalue weighted by atomic mass is 10.2. The van der Waals surface area contributed by atoms with E-state index in [1.165, 1.54) is 0 Å². The molecule has 1 unspecified atom stereocenters. The summed E-state index contributed by atoms with van der Waals surface area (Å²) in [5.74, 6) is 1.94. The fourth-order valence-electron chi connectivity index (χ4n) is 1.95. The van der Waals surface area contributed by atoms with Gasteiger partial charge >= 0.3 is 0 Å². The molecular weight excluding hydrogens is 246 g/mol. The third-order valence-corrected chi connectivity index (χ3v) is 2.85. The predicted molar refractivity (Wildman–Crippen MR) is 69.8 cm³/mol. The Morgan fingerprint density at radius 1 is 1.47 bits per heavy atom. The van der Waals surface area contributed by atoms with Crippen molar-refractivity contribution in [1.29, 1.82) is 0 Å². The third kappa shape index (κ3) is 3.42. The van der Waals surface area contributed by atoms with E-state index in [9.17, 15) is 0 Å². The summed E-state index contributed by atoms with van der Waals surface area (Å²) in [6.07, 6.45) is 2.26. The number of hydrogen-bond donors (Lipinski definition) is 1. The summed E-state index contributed by atoms with van der Waals surface area (Å²) in [6, 6.07) is 2.01. The molecule has 1 atom stereocenters. The van der Waals surface area contributed by atoms with Gasteiger partial charge in [-0.25, -0.2) is 0 Å². The van der Waals surface area contributed by atoms with E-state index in [1.54, 1.807) is 13.4 Å². The molecule has 0 saturated carbocycles. The van der Waals surface area contributed by atoms with Crippen molar-refractivity contribution in [3.05, 3.63) is 24.0 Å². The molecule has 6 heteroatoms. The van der Waals surface area contributed by atoms with Crippen LogP contribution >= 0.6 is 0 Å². The molecule has 0 amide bonds. The first-order valence-corrected chi connectivity index (χ1v) is 6.34. The number of nitrogens with one attached hydrogen (secondary N) is 1. The molecular formula is C13H19N3O3. The van der Waals surface area contributed by atoms with E-state index in [-0.39, 0.29) is 6.04 Å². The second-order valence-electron chi connectivity index (χ2n) is 4.32. The molecule has 2 aromatic rings. The fraction of sp³-hybridized carbons (Fsp3) is 0.538. The van der Waals surface area contributed by atoms with Crippen LogP contribution in [0.15, 0.2) is 21.3 Å². The molecule has 0 radical (unpaired) electrons. The first-order valence-electron chi connectivity index (χ1n) is 6.34. The van der Waals surface area contributed by atoms with Crippen LogP contribution in [-0.4, -0.2) is 36.4 Å². The van der Waals surface area contributed by atoms with Crippen LogP contribution in [0.1, 0.15) is 18.6 Å². The molecule has 1 N–H and O–H groups in total. The van der Waals surface area contributed by atoms with E-state index in [0.29, 0.717) is 24.7 Å². The van der Waals surface area contributed by atoms with Gasteiger partial charge in [0, 0.05) is 19.6 Å². The smallest absolute Gasteiger partial charge is 0.228 e. The first-order chi connectivity index (χ1) is 9.24. The molecule has 0 aliphatic carbocycles. The van der Waals surface area contributed by atoms with Gasteiger partial charge in [-0.2, -0.15) is 4.98 Å². The Kier molecular flexibility index (Phi) is 4.70. The SMILES string of the molecule is CCNC(COC)Cc1nc(-c2ccoc2C)no1. The lowest BCUT2D eigenvalue weighted by molar-refractivity contribution is 0.162. The number of hydrogen-bond acceptors (Lipinski definition) is 6. The van der Waals surface area contributed by atoms with Gasteiger partial charge < -0.3 is 19.0 Å². The highest BCUT2D eigenvalue weighted by molar-refractivity contribution is 5.56. The Morgan fingerprint density at radius 2 is 2.32 bits per heavy atom. The normalized spacial score (nSPS) is 12.8. The van der Waals surface area contributed by atoms with Gasteiger partial charge in [-0.1, -0.05) is 12.1 Å². The van der Waals surface area contributed by atoms with Gasteiger partial charge in [0.05, 0.1) is 18.4 Å². The molecule has 2 rings (SSSR count). The van der Waals surface area contributed by atoms with Crippen LogP contribution in [0.5, 0.6) is 0 Å². The van der Waals surface area contributed by atoms with Gasteiger partial charge in [-0.3, -0.25) is 0 Å². The first kappa shape index (κ1) is 13.8. The Hall–Kier alpha value is -1.66. The topological polar surface area (TPSA) is 73.3 Å². The highest BCUT2D eigenvalue weighted by atomic mass is 16.5. The number of aryl methyl sites for hydroxylation is 1. The van der Waals surface area contributed by atoms with E-state index in [1.807, 2.05) is 13.0 Å². The van der Waals surface area contributed by atoms with Crippen molar-refractivity contribution in [3.8, 4) is 11.4 Å². The minimum Gasteiger partial charge on any atom is -0.469 e. The van der Waals surface area contributed by atoms with Crippen LogP contribution in [0.3, 0.4) is 0 Å². The largest absolute Gasteiger partial charge is 0.469 e. The zero-order chi connectivity index (χ0) is 13.7. The zero-order valence-electron chi connectivity index (χ0n) is 11.5. The summed E-state index contributed by atoms with van der Waals surface area (Å²) in [4.78, 5) is 4.38. The van der Waals surface area contributed by atoms with Crippen molar-refractivity contribution in [2.75, 3.05) is 20.3 Å². The van der Waals surface area contributed by atoms with Gasteiger partial charge in [-0.15, -0.1) is 0 Å². The Bertz CT molecular complexity index is 501. The molecule has 0 aromatic carbocycles. The minimum absolute atomic E-state index is 0.175. The molecule has 0 bridgehead atoms. The highest BCUT2D eigenvalue weighted by Gasteiger charge is 2.16. The number of methoxy groups -OCH3 is 1. The number of nitrogens with zero attached hydrogens (tertiary/aromatic N) is 2. The highest BCUT2D eigenvalue weighted by Crippen LogP contribution is 2.21. The molecule has 0 aliphatic heterocycles. The fourth-order valence-corrected chi connectivity index (χ4v) is 1.95. The van der Waals surface area contributed by atoms with Gasteiger partial charge in [0.15, 0.2) is 0 Å². The summed E-state index contributed by atoms with van der Waals surface area (Å²) in [6.45, 7) is 5.40. The monoisotopic (exact) mass is 265 g/mol. The molecule has 2 aromatic heterocycles. The summed E-state index contributed by atoms with van der Waals surface area (Å²) in [5, 5.41) is 7.29. The van der Waals surface area contributed by atoms with Gasteiger partial charge in [0.2, 0.25) is 11.7 Å². The summed E-state index contributed by atoms with van der Waals surface area (Å²) in [5.41, 5.74) is 0.863. The van der Waals surface area contributed by atoms with Crippen molar-refractivity contribution in [1.82, 2.24) is 15.5 Å². The van der Waals surface area contributed by atoms with E-state index in [0.717, 1.165) is 17.9 Å². The third-order valence-electron chi connectivity index (χ3n) is 2.85. The molecule has 2 heterocycles. The average Bonchev–Trinajstić information content (AvgIpc) is 2.98. The summed E-state index contributed by atoms with van der Waals surface area (Å²) >= 11 is 0. The van der Waals surface area contributed by atoms with Crippen LogP contribution in [0, 0.1) is 6.92 Å². The molecule has 6 nitrogen and oxygen atoms in total. The van der Waals surface area contributed by atoms with Crippen LogP contribution < -0.4 is 5.32 Å². The lowest BCUT2D eigenvalue weighted by Crippen LogP contribution is -2.35. The maximum atomic E-state index is 5.27. The van der Waals surface area contributed by atoms with E-state index in [2.05, 4.69) is 22.4 Å². The van der Waals surface area contributed by atoms with Crippen LogP contribution in [-0.2, 0) is 11.2 Å². The van der Waals surface area contributed by atoms with Crippen LogP contribution in [0.4, 0.5) is 0 Å². The Morgan fingerprint density at radius 3 is 2.95 bits per heavy atom. The zero-order valence-corrected chi connectivity index (χ0v) is 11.5. The number of furan rings is 1. The van der Waals surface area contributed by atoms with Crippen molar-refractivity contribution in [2.45, 2.75) is 26.3 Å². The van der Waals surface area contributed by atoms with Crippen molar-refractivity contribution in [3.63, 3.8) is 0 Å². The number of aromatic nitrogens is 2.